The molecule has 2 N–H and O–H groups in total. The van der Waals surface area contributed by atoms with Crippen LogP contribution < -0.4 is 5.30 Å². The highest BCUT2D eigenvalue weighted by Gasteiger charge is 2.35. The molecule has 5 nitrogen and oxygen atoms in total. The maximum Gasteiger partial charge on any atom is 0.364 e. The average molecular weight is 302 g/mol. The van der Waals surface area contributed by atoms with E-state index < -0.39 is 7.60 Å². The molecule has 0 atom stereocenters. The van der Waals surface area contributed by atoms with Crippen LogP contribution in [-0.2, 0) is 13.6 Å². The van der Waals surface area contributed by atoms with E-state index in [-0.39, 0.29) is 28.6 Å². The van der Waals surface area contributed by atoms with E-state index in [1.165, 1.54) is 20.3 Å². The molecule has 0 aliphatic rings. The number of phenols is 2. The highest BCUT2D eigenvalue weighted by atomic mass is 31.2. The largest absolute Gasteiger partial charge is 0.507 e. The standard InChI is InChI=1S/C14H23O5P/c1-8(2)10-7-11(15)14(20(17,18-5)19-6)12(9(3)4)13(10)16/h7-9,15-16H,1-6H3. The summed E-state index contributed by atoms with van der Waals surface area (Å²) in [6, 6.07) is 1.42. The minimum atomic E-state index is -3.65. The third kappa shape index (κ3) is 2.85. The van der Waals surface area contributed by atoms with Gasteiger partial charge in [0.05, 0.1) is 0 Å². The summed E-state index contributed by atoms with van der Waals surface area (Å²) in [7, 11) is -1.15. The Balaban J connectivity index is 3.78. The summed E-state index contributed by atoms with van der Waals surface area (Å²) in [5.74, 6) is -0.260. The Morgan fingerprint density at radius 1 is 1.05 bits per heavy atom. The highest BCUT2D eigenvalue weighted by Crippen LogP contribution is 2.52. The topological polar surface area (TPSA) is 76.0 Å². The Morgan fingerprint density at radius 2 is 1.55 bits per heavy atom. The van der Waals surface area contributed by atoms with Gasteiger partial charge in [-0.1, -0.05) is 27.7 Å². The molecule has 0 aliphatic carbocycles. The van der Waals surface area contributed by atoms with Crippen LogP contribution in [0.1, 0.15) is 50.7 Å². The molecule has 0 amide bonds. The molecule has 0 spiro atoms. The quantitative estimate of drug-likeness (QED) is 0.643. The molecule has 0 unspecified atom stereocenters. The van der Waals surface area contributed by atoms with Crippen LogP contribution in [0.3, 0.4) is 0 Å². The SMILES string of the molecule is COP(=O)(OC)c1c(O)cc(C(C)C)c(O)c1C(C)C. The van der Waals surface area contributed by atoms with Crippen molar-refractivity contribution in [1.29, 1.82) is 0 Å². The van der Waals surface area contributed by atoms with Gasteiger partial charge in [-0.15, -0.1) is 0 Å². The van der Waals surface area contributed by atoms with Crippen molar-refractivity contribution in [1.82, 2.24) is 0 Å². The van der Waals surface area contributed by atoms with E-state index in [9.17, 15) is 14.8 Å². The lowest BCUT2D eigenvalue weighted by Crippen LogP contribution is -2.17. The van der Waals surface area contributed by atoms with Gasteiger partial charge >= 0.3 is 7.60 Å². The first-order chi connectivity index (χ1) is 9.19. The van der Waals surface area contributed by atoms with E-state index in [1.54, 1.807) is 0 Å². The first kappa shape index (κ1) is 17.0. The molecule has 0 fully saturated rings. The van der Waals surface area contributed by atoms with Gasteiger partial charge < -0.3 is 19.3 Å². The van der Waals surface area contributed by atoms with Crippen LogP contribution in [-0.4, -0.2) is 24.4 Å². The number of rotatable bonds is 5. The molecule has 0 aromatic heterocycles. The van der Waals surface area contributed by atoms with Gasteiger partial charge in [-0.3, -0.25) is 4.57 Å². The van der Waals surface area contributed by atoms with Crippen molar-refractivity contribution in [3.63, 3.8) is 0 Å². The molecule has 0 heterocycles. The molecule has 0 aliphatic heterocycles. The van der Waals surface area contributed by atoms with E-state index in [4.69, 9.17) is 9.05 Å². The second kappa shape index (κ2) is 6.17. The van der Waals surface area contributed by atoms with Crippen LogP contribution in [0.4, 0.5) is 0 Å². The summed E-state index contributed by atoms with van der Waals surface area (Å²) in [6.45, 7) is 7.50. The van der Waals surface area contributed by atoms with Crippen molar-refractivity contribution >= 4 is 12.9 Å². The number of phenolic OH excluding ortho intramolecular Hbond substituents is 2. The zero-order chi connectivity index (χ0) is 15.7. The number of hydrogen-bond acceptors (Lipinski definition) is 5. The molecule has 1 rings (SSSR count). The first-order valence-electron chi connectivity index (χ1n) is 6.50. The fourth-order valence-corrected chi connectivity index (χ4v) is 3.74. The molecule has 114 valence electrons. The molecular formula is C14H23O5P. The summed E-state index contributed by atoms with van der Waals surface area (Å²) in [4.78, 5) is 0. The number of hydrogen-bond donors (Lipinski definition) is 2. The Morgan fingerprint density at radius 3 is 1.90 bits per heavy atom. The first-order valence-corrected chi connectivity index (χ1v) is 8.04. The summed E-state index contributed by atoms with van der Waals surface area (Å²) in [5, 5.41) is 20.7. The predicted octanol–water partition coefficient (Wildman–Crippen LogP) is 3.46. The average Bonchev–Trinajstić information content (AvgIpc) is 2.38. The van der Waals surface area contributed by atoms with Crippen LogP contribution in [0, 0.1) is 0 Å². The molecule has 1 aromatic rings. The lowest BCUT2D eigenvalue weighted by atomic mass is 9.93. The fraction of sp³-hybridized carbons (Fsp3) is 0.571. The van der Waals surface area contributed by atoms with Crippen LogP contribution in [0.25, 0.3) is 0 Å². The summed E-state index contributed by atoms with van der Waals surface area (Å²) >= 11 is 0. The van der Waals surface area contributed by atoms with E-state index in [1.807, 2.05) is 27.7 Å². The zero-order valence-corrected chi connectivity index (χ0v) is 13.7. The van der Waals surface area contributed by atoms with Crippen molar-refractivity contribution in [2.75, 3.05) is 14.2 Å². The van der Waals surface area contributed by atoms with Crippen LogP contribution in [0.5, 0.6) is 11.5 Å². The van der Waals surface area contributed by atoms with Gasteiger partial charge in [-0.25, -0.2) is 0 Å². The van der Waals surface area contributed by atoms with Crippen molar-refractivity contribution < 1.29 is 23.8 Å². The zero-order valence-electron chi connectivity index (χ0n) is 12.8. The monoisotopic (exact) mass is 302 g/mol. The van der Waals surface area contributed by atoms with Crippen molar-refractivity contribution in [3.8, 4) is 11.5 Å². The highest BCUT2D eigenvalue weighted by molar-refractivity contribution is 7.62. The molecule has 6 heteroatoms. The van der Waals surface area contributed by atoms with Gasteiger partial charge in [0.1, 0.15) is 16.8 Å². The van der Waals surface area contributed by atoms with Crippen molar-refractivity contribution in [2.24, 2.45) is 0 Å². The van der Waals surface area contributed by atoms with E-state index in [0.29, 0.717) is 11.1 Å². The summed E-state index contributed by atoms with van der Waals surface area (Å²) < 4.78 is 22.5. The number of benzene rings is 1. The Hall–Kier alpha value is -1.03. The molecular weight excluding hydrogens is 279 g/mol. The maximum atomic E-state index is 12.6. The van der Waals surface area contributed by atoms with E-state index in [0.717, 1.165) is 0 Å². The van der Waals surface area contributed by atoms with Gasteiger partial charge in [0.2, 0.25) is 0 Å². The minimum Gasteiger partial charge on any atom is -0.507 e. The Kier molecular flexibility index (Phi) is 5.25. The number of aromatic hydroxyl groups is 2. The van der Waals surface area contributed by atoms with Crippen LogP contribution in [0.2, 0.25) is 0 Å². The second-order valence-corrected chi connectivity index (χ2v) is 7.44. The van der Waals surface area contributed by atoms with Crippen LogP contribution in [0.15, 0.2) is 6.07 Å². The molecule has 20 heavy (non-hydrogen) atoms. The second-order valence-electron chi connectivity index (χ2n) is 5.27. The van der Waals surface area contributed by atoms with Gasteiger partial charge in [0.15, 0.2) is 0 Å². The van der Waals surface area contributed by atoms with Crippen LogP contribution >= 0.6 is 7.60 Å². The van der Waals surface area contributed by atoms with Gasteiger partial charge in [-0.2, -0.15) is 0 Å². The lowest BCUT2D eigenvalue weighted by Gasteiger charge is -2.24. The normalized spacial score (nSPS) is 12.4. The van der Waals surface area contributed by atoms with Crippen molar-refractivity contribution in [3.05, 3.63) is 17.2 Å². The summed E-state index contributed by atoms with van der Waals surface area (Å²) in [5.41, 5.74) is 1.01. The fourth-order valence-electron chi connectivity index (χ4n) is 2.22. The van der Waals surface area contributed by atoms with Crippen molar-refractivity contribution in [2.45, 2.75) is 39.5 Å². The molecule has 0 saturated carbocycles. The summed E-state index contributed by atoms with van der Waals surface area (Å²) in [6.07, 6.45) is 0. The predicted molar refractivity (Wildman–Crippen MR) is 79.2 cm³/mol. The Labute approximate surface area is 120 Å². The van der Waals surface area contributed by atoms with E-state index >= 15 is 0 Å². The lowest BCUT2D eigenvalue weighted by molar-refractivity contribution is 0.285. The molecule has 0 saturated heterocycles. The molecule has 1 aromatic carbocycles. The molecule has 0 bridgehead atoms. The van der Waals surface area contributed by atoms with Gasteiger partial charge in [-0.05, 0) is 17.9 Å². The van der Waals surface area contributed by atoms with Gasteiger partial charge in [0.25, 0.3) is 0 Å². The third-order valence-corrected chi connectivity index (χ3v) is 5.25. The maximum absolute atomic E-state index is 12.6. The van der Waals surface area contributed by atoms with Gasteiger partial charge in [0, 0.05) is 25.3 Å². The van der Waals surface area contributed by atoms with E-state index in [2.05, 4.69) is 0 Å². The third-order valence-electron chi connectivity index (χ3n) is 3.27. The molecule has 0 radical (unpaired) electrons. The Bertz CT molecular complexity index is 529. The smallest absolute Gasteiger partial charge is 0.364 e. The minimum absolute atomic E-state index is 0.0249.